The molecular formula is C11H15FO4S. The number of aliphatic hydroxyl groups excluding tert-OH is 1. The van der Waals surface area contributed by atoms with Crippen molar-refractivity contribution < 1.29 is 22.7 Å². The van der Waals surface area contributed by atoms with Crippen LogP contribution in [0.1, 0.15) is 18.6 Å². The Balaban J connectivity index is 2.67. The normalized spacial score (nSPS) is 13.4. The van der Waals surface area contributed by atoms with Crippen LogP contribution < -0.4 is 4.74 Å². The molecule has 0 unspecified atom stereocenters. The summed E-state index contributed by atoms with van der Waals surface area (Å²) in [4.78, 5) is 0. The molecule has 0 fully saturated rings. The lowest BCUT2D eigenvalue weighted by atomic mass is 10.1. The summed E-state index contributed by atoms with van der Waals surface area (Å²) < 4.78 is 40.1. The van der Waals surface area contributed by atoms with E-state index in [0.717, 1.165) is 6.26 Å². The van der Waals surface area contributed by atoms with Crippen LogP contribution in [-0.2, 0) is 9.84 Å². The summed E-state index contributed by atoms with van der Waals surface area (Å²) in [5, 5.41) is 9.23. The Morgan fingerprint density at radius 1 is 1.47 bits per heavy atom. The first-order valence-electron chi connectivity index (χ1n) is 5.07. The van der Waals surface area contributed by atoms with Crippen molar-refractivity contribution in [3.8, 4) is 5.75 Å². The van der Waals surface area contributed by atoms with E-state index in [0.29, 0.717) is 5.56 Å². The molecule has 0 bridgehead atoms. The molecule has 0 radical (unpaired) electrons. The largest absolute Gasteiger partial charge is 0.489 e. The quantitative estimate of drug-likeness (QED) is 0.868. The lowest BCUT2D eigenvalue weighted by Gasteiger charge is -2.09. The SMILES string of the molecule is C[C@@H](O)c1ccc(OCCS(C)(=O)=O)c(F)c1. The molecule has 0 amide bonds. The fraction of sp³-hybridized carbons (Fsp3) is 0.455. The third-order valence-electron chi connectivity index (χ3n) is 2.15. The van der Waals surface area contributed by atoms with Gasteiger partial charge in [-0.25, -0.2) is 12.8 Å². The van der Waals surface area contributed by atoms with Crippen molar-refractivity contribution in [2.75, 3.05) is 18.6 Å². The number of halogens is 1. The lowest BCUT2D eigenvalue weighted by molar-refractivity contribution is 0.198. The molecule has 0 aliphatic rings. The molecule has 0 aliphatic heterocycles. The van der Waals surface area contributed by atoms with Gasteiger partial charge in [0.2, 0.25) is 0 Å². The molecule has 0 spiro atoms. The van der Waals surface area contributed by atoms with Gasteiger partial charge >= 0.3 is 0 Å². The van der Waals surface area contributed by atoms with E-state index in [4.69, 9.17) is 4.74 Å². The van der Waals surface area contributed by atoms with Gasteiger partial charge in [-0.3, -0.25) is 0 Å². The average Bonchev–Trinajstić information content (AvgIpc) is 2.18. The molecule has 17 heavy (non-hydrogen) atoms. The standard InChI is InChI=1S/C11H15FO4S/c1-8(13)9-3-4-11(10(12)7-9)16-5-6-17(2,14)15/h3-4,7-8,13H,5-6H2,1-2H3/t8-/m1/s1. The molecule has 0 aromatic heterocycles. The number of hydrogen-bond acceptors (Lipinski definition) is 4. The van der Waals surface area contributed by atoms with Gasteiger partial charge in [0.1, 0.15) is 6.61 Å². The zero-order valence-corrected chi connectivity index (χ0v) is 10.5. The van der Waals surface area contributed by atoms with Crippen LogP contribution in [0, 0.1) is 5.82 Å². The monoisotopic (exact) mass is 262 g/mol. The van der Waals surface area contributed by atoms with Crippen LogP contribution in [0.4, 0.5) is 4.39 Å². The topological polar surface area (TPSA) is 63.6 Å². The number of ether oxygens (including phenoxy) is 1. The van der Waals surface area contributed by atoms with Gasteiger partial charge in [0.05, 0.1) is 11.9 Å². The minimum absolute atomic E-state index is 0.0157. The van der Waals surface area contributed by atoms with Gasteiger partial charge in [-0.15, -0.1) is 0 Å². The van der Waals surface area contributed by atoms with E-state index in [1.54, 1.807) is 0 Å². The number of hydrogen-bond donors (Lipinski definition) is 1. The Hall–Kier alpha value is -1.14. The highest BCUT2D eigenvalue weighted by Crippen LogP contribution is 2.21. The Bertz CT molecular complexity index is 482. The van der Waals surface area contributed by atoms with Crippen LogP contribution in [0.2, 0.25) is 0 Å². The Kier molecular flexibility index (Phi) is 4.47. The van der Waals surface area contributed by atoms with Gasteiger partial charge in [-0.1, -0.05) is 6.07 Å². The van der Waals surface area contributed by atoms with Crippen LogP contribution in [0.25, 0.3) is 0 Å². The maximum atomic E-state index is 13.4. The molecule has 0 saturated carbocycles. The summed E-state index contributed by atoms with van der Waals surface area (Å²) in [7, 11) is -3.12. The van der Waals surface area contributed by atoms with Crippen molar-refractivity contribution in [3.63, 3.8) is 0 Å². The Morgan fingerprint density at radius 2 is 2.12 bits per heavy atom. The molecule has 6 heteroatoms. The van der Waals surface area contributed by atoms with E-state index >= 15 is 0 Å². The molecule has 1 aromatic rings. The minimum atomic E-state index is -3.12. The van der Waals surface area contributed by atoms with Crippen molar-refractivity contribution in [2.45, 2.75) is 13.0 Å². The zero-order chi connectivity index (χ0) is 13.1. The summed E-state index contributed by atoms with van der Waals surface area (Å²) in [5.74, 6) is -0.792. The highest BCUT2D eigenvalue weighted by Gasteiger charge is 2.09. The molecule has 96 valence electrons. The first kappa shape index (κ1) is 13.9. The van der Waals surface area contributed by atoms with Crippen molar-refractivity contribution in [1.29, 1.82) is 0 Å². The molecule has 4 nitrogen and oxygen atoms in total. The van der Waals surface area contributed by atoms with E-state index in [2.05, 4.69) is 0 Å². The van der Waals surface area contributed by atoms with Gasteiger partial charge in [-0.2, -0.15) is 0 Å². The van der Waals surface area contributed by atoms with Crippen molar-refractivity contribution in [1.82, 2.24) is 0 Å². The predicted octanol–water partition coefficient (Wildman–Crippen LogP) is 1.30. The van der Waals surface area contributed by atoms with Crippen LogP contribution in [0.3, 0.4) is 0 Å². The highest BCUT2D eigenvalue weighted by atomic mass is 32.2. The molecule has 0 saturated heterocycles. The fourth-order valence-corrected chi connectivity index (χ4v) is 1.58. The predicted molar refractivity (Wildman–Crippen MR) is 62.2 cm³/mol. The third kappa shape index (κ3) is 4.70. The summed E-state index contributed by atoms with van der Waals surface area (Å²) in [6.45, 7) is 1.43. The van der Waals surface area contributed by atoms with Crippen LogP contribution in [0.5, 0.6) is 5.75 Å². The second-order valence-corrected chi connectivity index (χ2v) is 6.10. The van der Waals surface area contributed by atoms with Gasteiger partial charge < -0.3 is 9.84 Å². The Morgan fingerprint density at radius 3 is 2.59 bits per heavy atom. The van der Waals surface area contributed by atoms with Crippen molar-refractivity contribution in [2.24, 2.45) is 0 Å². The first-order chi connectivity index (χ1) is 7.79. The number of aliphatic hydroxyl groups is 1. The first-order valence-corrected chi connectivity index (χ1v) is 7.13. The van der Waals surface area contributed by atoms with Gasteiger partial charge in [0, 0.05) is 6.26 Å². The second-order valence-electron chi connectivity index (χ2n) is 3.84. The van der Waals surface area contributed by atoms with E-state index in [-0.39, 0.29) is 18.1 Å². The van der Waals surface area contributed by atoms with Gasteiger partial charge in [0.25, 0.3) is 0 Å². The number of sulfone groups is 1. The molecule has 0 heterocycles. The van der Waals surface area contributed by atoms with Gasteiger partial charge in [-0.05, 0) is 24.6 Å². The maximum Gasteiger partial charge on any atom is 0.165 e. The third-order valence-corrected chi connectivity index (χ3v) is 3.06. The summed E-state index contributed by atoms with van der Waals surface area (Å²) >= 11 is 0. The highest BCUT2D eigenvalue weighted by molar-refractivity contribution is 7.90. The molecule has 1 rings (SSSR count). The van der Waals surface area contributed by atoms with Crippen molar-refractivity contribution in [3.05, 3.63) is 29.6 Å². The van der Waals surface area contributed by atoms with Crippen LogP contribution >= 0.6 is 0 Å². The molecule has 1 N–H and O–H groups in total. The second kappa shape index (κ2) is 5.46. The smallest absolute Gasteiger partial charge is 0.165 e. The number of rotatable bonds is 5. The molecule has 0 aliphatic carbocycles. The Labute approximate surface area is 100.0 Å². The van der Waals surface area contributed by atoms with Crippen LogP contribution in [-0.4, -0.2) is 32.1 Å². The van der Waals surface area contributed by atoms with E-state index in [1.165, 1.54) is 25.1 Å². The summed E-state index contributed by atoms with van der Waals surface area (Å²) in [6.07, 6.45) is 0.332. The van der Waals surface area contributed by atoms with Crippen molar-refractivity contribution >= 4 is 9.84 Å². The fourth-order valence-electron chi connectivity index (χ4n) is 1.20. The molecular weight excluding hydrogens is 247 g/mol. The van der Waals surface area contributed by atoms with Crippen LogP contribution in [0.15, 0.2) is 18.2 Å². The maximum absolute atomic E-state index is 13.4. The van der Waals surface area contributed by atoms with E-state index in [9.17, 15) is 17.9 Å². The molecule has 1 aromatic carbocycles. The molecule has 1 atom stereocenters. The number of benzene rings is 1. The lowest BCUT2D eigenvalue weighted by Crippen LogP contribution is -2.12. The summed E-state index contributed by atoms with van der Waals surface area (Å²) in [6, 6.07) is 4.07. The van der Waals surface area contributed by atoms with E-state index in [1.807, 2.05) is 0 Å². The van der Waals surface area contributed by atoms with Gasteiger partial charge in [0.15, 0.2) is 21.4 Å². The van der Waals surface area contributed by atoms with E-state index < -0.39 is 21.8 Å². The zero-order valence-electron chi connectivity index (χ0n) is 9.68. The average molecular weight is 262 g/mol. The minimum Gasteiger partial charge on any atom is -0.489 e. The summed E-state index contributed by atoms with van der Waals surface area (Å²) in [5.41, 5.74) is 0.443.